The third-order valence-electron chi connectivity index (χ3n) is 1.10. The van der Waals surface area contributed by atoms with Crippen LogP contribution in [0.1, 0.15) is 12.8 Å². The molecule has 0 aromatic carbocycles. The Morgan fingerprint density at radius 1 is 1.67 bits per heavy atom. The number of oxime groups is 1. The molecule has 0 aliphatic rings. The summed E-state index contributed by atoms with van der Waals surface area (Å²) in [6.45, 7) is 0.301. The van der Waals surface area contributed by atoms with Crippen LogP contribution in [0.2, 0.25) is 0 Å². The zero-order chi connectivity index (χ0) is 9.61. The highest BCUT2D eigenvalue weighted by molar-refractivity contribution is 7.88. The summed E-state index contributed by atoms with van der Waals surface area (Å²) in [4.78, 5) is 0. The SMILES string of the molecule is CS(=O)(=O)NCCCC(N)=NO. The molecule has 12 heavy (non-hydrogen) atoms. The number of amidine groups is 1. The molecule has 0 amide bonds. The molecule has 72 valence electrons. The Morgan fingerprint density at radius 3 is 2.67 bits per heavy atom. The van der Waals surface area contributed by atoms with Crippen LogP contribution in [0.25, 0.3) is 0 Å². The van der Waals surface area contributed by atoms with Gasteiger partial charge in [-0.05, 0) is 6.42 Å². The lowest BCUT2D eigenvalue weighted by atomic mass is 10.3. The van der Waals surface area contributed by atoms with Crippen molar-refractivity contribution >= 4 is 15.9 Å². The molecule has 0 aromatic rings. The summed E-state index contributed by atoms with van der Waals surface area (Å²) < 4.78 is 23.3. The second-order valence-electron chi connectivity index (χ2n) is 2.36. The molecular weight excluding hydrogens is 182 g/mol. The highest BCUT2D eigenvalue weighted by Gasteiger charge is 1.99. The van der Waals surface area contributed by atoms with Gasteiger partial charge in [-0.1, -0.05) is 5.16 Å². The first-order valence-electron chi connectivity index (χ1n) is 3.37. The second kappa shape index (κ2) is 4.94. The van der Waals surface area contributed by atoms with Crippen molar-refractivity contribution in [2.75, 3.05) is 12.8 Å². The quantitative estimate of drug-likeness (QED) is 0.173. The van der Waals surface area contributed by atoms with Crippen LogP contribution in [0.4, 0.5) is 0 Å². The van der Waals surface area contributed by atoms with Gasteiger partial charge in [0, 0.05) is 13.0 Å². The van der Waals surface area contributed by atoms with Crippen LogP contribution in [0.5, 0.6) is 0 Å². The van der Waals surface area contributed by atoms with Gasteiger partial charge in [0.15, 0.2) is 0 Å². The summed E-state index contributed by atoms with van der Waals surface area (Å²) in [6.07, 6.45) is 1.97. The summed E-state index contributed by atoms with van der Waals surface area (Å²) in [6, 6.07) is 0. The molecule has 0 aromatic heterocycles. The Kier molecular flexibility index (Phi) is 4.60. The fourth-order valence-electron chi connectivity index (χ4n) is 0.577. The zero-order valence-electron chi connectivity index (χ0n) is 6.82. The van der Waals surface area contributed by atoms with Gasteiger partial charge in [-0.3, -0.25) is 0 Å². The average Bonchev–Trinajstić information content (AvgIpc) is 1.96. The smallest absolute Gasteiger partial charge is 0.208 e. The summed E-state index contributed by atoms with van der Waals surface area (Å²) in [5, 5.41) is 10.9. The van der Waals surface area contributed by atoms with E-state index in [0.29, 0.717) is 19.4 Å². The normalized spacial score (nSPS) is 13.2. The third kappa shape index (κ3) is 7.29. The number of hydrogen-bond donors (Lipinski definition) is 3. The molecule has 0 saturated heterocycles. The first-order chi connectivity index (χ1) is 5.45. The van der Waals surface area contributed by atoms with E-state index in [1.807, 2.05) is 0 Å². The van der Waals surface area contributed by atoms with E-state index < -0.39 is 10.0 Å². The molecule has 0 aliphatic carbocycles. The predicted octanol–water partition coefficient (Wildman–Crippen LogP) is -0.938. The van der Waals surface area contributed by atoms with E-state index in [4.69, 9.17) is 10.9 Å². The Labute approximate surface area is 71.5 Å². The van der Waals surface area contributed by atoms with E-state index in [1.54, 1.807) is 0 Å². The van der Waals surface area contributed by atoms with Crippen molar-refractivity contribution in [1.82, 2.24) is 4.72 Å². The lowest BCUT2D eigenvalue weighted by Crippen LogP contribution is -2.24. The van der Waals surface area contributed by atoms with Crippen LogP contribution < -0.4 is 10.5 Å². The summed E-state index contributed by atoms with van der Waals surface area (Å²) >= 11 is 0. The average molecular weight is 195 g/mol. The molecule has 7 heteroatoms. The molecule has 4 N–H and O–H groups in total. The third-order valence-corrected chi connectivity index (χ3v) is 1.83. The van der Waals surface area contributed by atoms with Crippen molar-refractivity contribution in [2.24, 2.45) is 10.9 Å². The van der Waals surface area contributed by atoms with Gasteiger partial charge in [0.05, 0.1) is 6.26 Å². The number of nitrogens with zero attached hydrogens (tertiary/aromatic N) is 1. The standard InChI is InChI=1S/C5H13N3O3S/c1-12(10,11)7-4-2-3-5(6)8-9/h7,9H,2-4H2,1H3,(H2,6,8). The second-order valence-corrected chi connectivity index (χ2v) is 4.19. The highest BCUT2D eigenvalue weighted by Crippen LogP contribution is 1.87. The van der Waals surface area contributed by atoms with Gasteiger partial charge in [-0.15, -0.1) is 0 Å². The van der Waals surface area contributed by atoms with E-state index in [9.17, 15) is 8.42 Å². The molecule has 0 heterocycles. The molecular formula is C5H13N3O3S. The molecule has 0 radical (unpaired) electrons. The maximum atomic E-state index is 10.5. The molecule has 0 bridgehead atoms. The van der Waals surface area contributed by atoms with Gasteiger partial charge in [-0.25, -0.2) is 13.1 Å². The van der Waals surface area contributed by atoms with Crippen molar-refractivity contribution in [3.8, 4) is 0 Å². The summed E-state index contributed by atoms with van der Waals surface area (Å²) in [7, 11) is -3.12. The fourth-order valence-corrected chi connectivity index (χ4v) is 1.09. The van der Waals surface area contributed by atoms with E-state index >= 15 is 0 Å². The Hall–Kier alpha value is -0.820. The van der Waals surface area contributed by atoms with Crippen LogP contribution in [-0.4, -0.2) is 32.3 Å². The van der Waals surface area contributed by atoms with E-state index in [1.165, 1.54) is 0 Å². The first kappa shape index (κ1) is 11.2. The first-order valence-corrected chi connectivity index (χ1v) is 5.26. The van der Waals surface area contributed by atoms with E-state index in [-0.39, 0.29) is 5.84 Å². The minimum Gasteiger partial charge on any atom is -0.409 e. The van der Waals surface area contributed by atoms with Gasteiger partial charge in [0.2, 0.25) is 10.0 Å². The van der Waals surface area contributed by atoms with Crippen LogP contribution in [0.15, 0.2) is 5.16 Å². The zero-order valence-corrected chi connectivity index (χ0v) is 7.63. The van der Waals surface area contributed by atoms with Crippen molar-refractivity contribution in [3.05, 3.63) is 0 Å². The van der Waals surface area contributed by atoms with E-state index in [2.05, 4.69) is 9.88 Å². The molecule has 0 unspecified atom stereocenters. The number of rotatable bonds is 5. The van der Waals surface area contributed by atoms with Gasteiger partial charge in [0.1, 0.15) is 5.84 Å². The number of nitrogens with one attached hydrogen (secondary N) is 1. The summed E-state index contributed by atoms with van der Waals surface area (Å²) in [5.41, 5.74) is 5.15. The van der Waals surface area contributed by atoms with Crippen molar-refractivity contribution < 1.29 is 13.6 Å². The van der Waals surface area contributed by atoms with E-state index in [0.717, 1.165) is 6.26 Å². The molecule has 0 saturated carbocycles. The van der Waals surface area contributed by atoms with Gasteiger partial charge in [-0.2, -0.15) is 0 Å². The van der Waals surface area contributed by atoms with Gasteiger partial charge in [0.25, 0.3) is 0 Å². The van der Waals surface area contributed by atoms with Crippen LogP contribution in [0, 0.1) is 0 Å². The molecule has 0 spiro atoms. The molecule has 0 aliphatic heterocycles. The lowest BCUT2D eigenvalue weighted by molar-refractivity contribution is 0.316. The topological polar surface area (TPSA) is 105 Å². The number of nitrogens with two attached hydrogens (primary N) is 1. The molecule has 6 nitrogen and oxygen atoms in total. The lowest BCUT2D eigenvalue weighted by Gasteiger charge is -2.00. The molecule has 0 rings (SSSR count). The van der Waals surface area contributed by atoms with Crippen LogP contribution >= 0.6 is 0 Å². The van der Waals surface area contributed by atoms with Crippen molar-refractivity contribution in [3.63, 3.8) is 0 Å². The van der Waals surface area contributed by atoms with Crippen LogP contribution in [0.3, 0.4) is 0 Å². The van der Waals surface area contributed by atoms with Gasteiger partial charge < -0.3 is 10.9 Å². The maximum absolute atomic E-state index is 10.5. The van der Waals surface area contributed by atoms with Crippen molar-refractivity contribution in [2.45, 2.75) is 12.8 Å². The van der Waals surface area contributed by atoms with Crippen molar-refractivity contribution in [1.29, 1.82) is 0 Å². The predicted molar refractivity (Wildman–Crippen MR) is 45.5 cm³/mol. The highest BCUT2D eigenvalue weighted by atomic mass is 32.2. The van der Waals surface area contributed by atoms with Gasteiger partial charge >= 0.3 is 0 Å². The molecule has 0 fully saturated rings. The summed E-state index contributed by atoms with van der Waals surface area (Å²) in [5.74, 6) is 0.102. The number of hydrogen-bond acceptors (Lipinski definition) is 4. The van der Waals surface area contributed by atoms with Crippen LogP contribution in [-0.2, 0) is 10.0 Å². The fraction of sp³-hybridized carbons (Fsp3) is 0.800. The molecule has 0 atom stereocenters. The minimum absolute atomic E-state index is 0.102. The monoisotopic (exact) mass is 195 g/mol. The maximum Gasteiger partial charge on any atom is 0.208 e. The minimum atomic E-state index is -3.12. The number of sulfonamides is 1. The largest absolute Gasteiger partial charge is 0.409 e. The Balaban J connectivity index is 3.47. The Bertz CT molecular complexity index is 247. The Morgan fingerprint density at radius 2 is 2.25 bits per heavy atom.